The van der Waals surface area contributed by atoms with Gasteiger partial charge in [-0.15, -0.1) is 0 Å². The Morgan fingerprint density at radius 2 is 2.00 bits per heavy atom. The second kappa shape index (κ2) is 5.36. The molecule has 0 aliphatic carbocycles. The van der Waals surface area contributed by atoms with Crippen molar-refractivity contribution in [2.75, 3.05) is 7.11 Å². The predicted molar refractivity (Wildman–Crippen MR) is 61.3 cm³/mol. The summed E-state index contributed by atoms with van der Waals surface area (Å²) in [7, 11) is 1.42. The summed E-state index contributed by atoms with van der Waals surface area (Å²) >= 11 is 5.82. The maximum Gasteiger partial charge on any atom is 0.336 e. The Balaban J connectivity index is 3.26. The van der Waals surface area contributed by atoms with Crippen LogP contribution in [0.5, 0.6) is 5.75 Å². The van der Waals surface area contributed by atoms with Gasteiger partial charge in [0, 0.05) is 6.08 Å². The lowest BCUT2D eigenvalue weighted by Crippen LogP contribution is -2.03. The first-order valence-corrected chi connectivity index (χ1v) is 4.85. The average Bonchev–Trinajstić information content (AvgIpc) is 2.25. The Kier molecular flexibility index (Phi) is 4.12. The molecule has 2 N–H and O–H groups in total. The van der Waals surface area contributed by atoms with E-state index in [1.165, 1.54) is 25.3 Å². The van der Waals surface area contributed by atoms with Crippen LogP contribution in [-0.2, 0) is 9.59 Å². The molecule has 0 spiro atoms. The largest absolute Gasteiger partial charge is 0.495 e. The predicted octanol–water partition coefficient (Wildman–Crippen LogP) is 1.90. The standard InChI is InChI=1S/C11H9ClO5/c1-17-9-3-2-6(4-8(9)12)7(11(15)16)5-10(13)14/h2-5H,1H3,(H,13,14)(H,15,16)/b7-5-. The highest BCUT2D eigenvalue weighted by Crippen LogP contribution is 2.28. The van der Waals surface area contributed by atoms with Crippen LogP contribution in [0.3, 0.4) is 0 Å². The van der Waals surface area contributed by atoms with Crippen molar-refractivity contribution in [2.45, 2.75) is 0 Å². The van der Waals surface area contributed by atoms with E-state index in [0.29, 0.717) is 11.8 Å². The number of carboxylic acid groups (broad SMARTS) is 2. The zero-order chi connectivity index (χ0) is 13.0. The first kappa shape index (κ1) is 13.1. The van der Waals surface area contributed by atoms with E-state index in [9.17, 15) is 9.59 Å². The topological polar surface area (TPSA) is 83.8 Å². The third-order valence-electron chi connectivity index (χ3n) is 1.96. The molecule has 1 rings (SSSR count). The summed E-state index contributed by atoms with van der Waals surface area (Å²) < 4.78 is 4.91. The molecule has 1 aromatic carbocycles. The molecule has 0 atom stereocenters. The molecule has 0 aromatic heterocycles. The minimum Gasteiger partial charge on any atom is -0.495 e. The molecule has 0 bridgehead atoms. The van der Waals surface area contributed by atoms with Gasteiger partial charge in [-0.1, -0.05) is 17.7 Å². The molecule has 0 amide bonds. The van der Waals surface area contributed by atoms with Gasteiger partial charge in [0.1, 0.15) is 5.75 Å². The van der Waals surface area contributed by atoms with Crippen molar-refractivity contribution in [3.63, 3.8) is 0 Å². The van der Waals surface area contributed by atoms with Crippen LogP contribution in [0.4, 0.5) is 0 Å². The van der Waals surface area contributed by atoms with Gasteiger partial charge in [0.15, 0.2) is 0 Å². The van der Waals surface area contributed by atoms with E-state index in [-0.39, 0.29) is 16.2 Å². The van der Waals surface area contributed by atoms with E-state index < -0.39 is 11.9 Å². The molecule has 5 nitrogen and oxygen atoms in total. The lowest BCUT2D eigenvalue weighted by molar-refractivity contribution is -0.133. The normalized spacial score (nSPS) is 11.1. The summed E-state index contributed by atoms with van der Waals surface area (Å²) in [5.74, 6) is -2.29. The van der Waals surface area contributed by atoms with Gasteiger partial charge in [-0.05, 0) is 17.7 Å². The van der Waals surface area contributed by atoms with Crippen LogP contribution in [-0.4, -0.2) is 29.3 Å². The molecule has 90 valence electrons. The molecule has 0 radical (unpaired) electrons. The molecule has 0 heterocycles. The van der Waals surface area contributed by atoms with Crippen molar-refractivity contribution in [2.24, 2.45) is 0 Å². The molecule has 1 aromatic rings. The van der Waals surface area contributed by atoms with E-state index >= 15 is 0 Å². The molecule has 17 heavy (non-hydrogen) atoms. The highest BCUT2D eigenvalue weighted by molar-refractivity contribution is 6.32. The Morgan fingerprint density at radius 3 is 2.41 bits per heavy atom. The molecule has 0 aliphatic heterocycles. The SMILES string of the molecule is COc1ccc(/C(=C/C(=O)O)C(=O)O)cc1Cl. The van der Waals surface area contributed by atoms with Gasteiger partial charge < -0.3 is 14.9 Å². The van der Waals surface area contributed by atoms with Crippen LogP contribution >= 0.6 is 11.6 Å². The van der Waals surface area contributed by atoms with E-state index in [4.69, 9.17) is 26.6 Å². The second-order valence-electron chi connectivity index (χ2n) is 3.05. The van der Waals surface area contributed by atoms with Crippen molar-refractivity contribution >= 4 is 29.1 Å². The lowest BCUT2D eigenvalue weighted by Gasteiger charge is -2.06. The molecule has 0 fully saturated rings. The number of halogens is 1. The molecule has 0 aliphatic rings. The van der Waals surface area contributed by atoms with E-state index in [2.05, 4.69) is 0 Å². The zero-order valence-corrected chi connectivity index (χ0v) is 9.56. The smallest absolute Gasteiger partial charge is 0.336 e. The van der Waals surface area contributed by atoms with Gasteiger partial charge in [0.2, 0.25) is 0 Å². The maximum absolute atomic E-state index is 10.9. The number of hydrogen-bond acceptors (Lipinski definition) is 3. The fourth-order valence-corrected chi connectivity index (χ4v) is 1.48. The molecule has 0 unspecified atom stereocenters. The Hall–Kier alpha value is -2.01. The summed E-state index contributed by atoms with van der Waals surface area (Å²) in [5.41, 5.74) is -0.146. The van der Waals surface area contributed by atoms with Gasteiger partial charge in [0.25, 0.3) is 0 Å². The van der Waals surface area contributed by atoms with Gasteiger partial charge >= 0.3 is 11.9 Å². The number of benzene rings is 1. The van der Waals surface area contributed by atoms with Crippen LogP contribution in [0.1, 0.15) is 5.56 Å². The molecule has 6 heteroatoms. The Morgan fingerprint density at radius 1 is 1.35 bits per heavy atom. The highest BCUT2D eigenvalue weighted by atomic mass is 35.5. The third kappa shape index (κ3) is 3.22. The second-order valence-corrected chi connectivity index (χ2v) is 3.46. The fraction of sp³-hybridized carbons (Fsp3) is 0.0909. The first-order chi connectivity index (χ1) is 7.95. The van der Waals surface area contributed by atoms with Crippen molar-refractivity contribution in [3.8, 4) is 5.75 Å². The van der Waals surface area contributed by atoms with Crippen molar-refractivity contribution in [3.05, 3.63) is 34.9 Å². The van der Waals surface area contributed by atoms with E-state index in [1.54, 1.807) is 0 Å². The molecule has 0 saturated carbocycles. The van der Waals surface area contributed by atoms with E-state index in [1.807, 2.05) is 0 Å². The molecule has 0 saturated heterocycles. The van der Waals surface area contributed by atoms with Crippen LogP contribution in [0.25, 0.3) is 5.57 Å². The number of carbonyl (C=O) groups is 2. The van der Waals surface area contributed by atoms with Gasteiger partial charge in [-0.25, -0.2) is 9.59 Å². The van der Waals surface area contributed by atoms with Crippen LogP contribution in [0.2, 0.25) is 5.02 Å². The minimum absolute atomic E-state index is 0.200. The summed E-state index contributed by atoms with van der Waals surface area (Å²) in [4.78, 5) is 21.4. The summed E-state index contributed by atoms with van der Waals surface area (Å²) in [6, 6.07) is 4.23. The summed E-state index contributed by atoms with van der Waals surface area (Å²) in [6.07, 6.45) is 0.612. The van der Waals surface area contributed by atoms with Crippen molar-refractivity contribution in [1.82, 2.24) is 0 Å². The number of methoxy groups -OCH3 is 1. The van der Waals surface area contributed by atoms with Crippen LogP contribution in [0.15, 0.2) is 24.3 Å². The average molecular weight is 257 g/mol. The van der Waals surface area contributed by atoms with Crippen LogP contribution < -0.4 is 4.74 Å². The number of rotatable bonds is 4. The van der Waals surface area contributed by atoms with Gasteiger partial charge in [-0.3, -0.25) is 0 Å². The summed E-state index contributed by atoms with van der Waals surface area (Å²) in [6.45, 7) is 0. The zero-order valence-electron chi connectivity index (χ0n) is 8.81. The highest BCUT2D eigenvalue weighted by Gasteiger charge is 2.14. The van der Waals surface area contributed by atoms with E-state index in [0.717, 1.165) is 0 Å². The van der Waals surface area contributed by atoms with Crippen molar-refractivity contribution in [1.29, 1.82) is 0 Å². The molecular weight excluding hydrogens is 248 g/mol. The monoisotopic (exact) mass is 256 g/mol. The minimum atomic E-state index is -1.34. The number of hydrogen-bond donors (Lipinski definition) is 2. The lowest BCUT2D eigenvalue weighted by atomic mass is 10.1. The van der Waals surface area contributed by atoms with Gasteiger partial charge in [-0.2, -0.15) is 0 Å². The number of carboxylic acids is 2. The maximum atomic E-state index is 10.9. The third-order valence-corrected chi connectivity index (χ3v) is 2.26. The number of aliphatic carboxylic acids is 2. The summed E-state index contributed by atoms with van der Waals surface area (Å²) in [5, 5.41) is 17.7. The molecular formula is C11H9ClO5. The quantitative estimate of drug-likeness (QED) is 0.804. The number of ether oxygens (including phenoxy) is 1. The Labute approximate surface area is 102 Å². The first-order valence-electron chi connectivity index (χ1n) is 4.47. The van der Waals surface area contributed by atoms with Gasteiger partial charge in [0.05, 0.1) is 17.7 Å². The van der Waals surface area contributed by atoms with Crippen LogP contribution in [0, 0.1) is 0 Å². The van der Waals surface area contributed by atoms with Crippen molar-refractivity contribution < 1.29 is 24.5 Å². The Bertz CT molecular complexity index is 493. The fourth-order valence-electron chi connectivity index (χ4n) is 1.23.